The molecular formula is C11H15N5. The Labute approximate surface area is 94.1 Å². The summed E-state index contributed by atoms with van der Waals surface area (Å²) in [5, 5.41) is 7.67. The number of anilines is 1. The minimum atomic E-state index is 0.550. The quantitative estimate of drug-likeness (QED) is 0.793. The Hall–Kier alpha value is -1.62. The van der Waals surface area contributed by atoms with Crippen LogP contribution in [0.2, 0.25) is 0 Å². The molecule has 16 heavy (non-hydrogen) atoms. The smallest absolute Gasteiger partial charge is 0.154 e. The van der Waals surface area contributed by atoms with Crippen LogP contribution >= 0.6 is 0 Å². The lowest BCUT2D eigenvalue weighted by atomic mass is 10.1. The van der Waals surface area contributed by atoms with Crippen molar-refractivity contribution in [3.63, 3.8) is 0 Å². The lowest BCUT2D eigenvalue weighted by Gasteiger charge is -2.36. The molecular weight excluding hydrogens is 202 g/mol. The van der Waals surface area contributed by atoms with Gasteiger partial charge < -0.3 is 10.2 Å². The van der Waals surface area contributed by atoms with E-state index in [1.807, 2.05) is 17.6 Å². The maximum absolute atomic E-state index is 4.46. The van der Waals surface area contributed by atoms with E-state index < -0.39 is 0 Å². The first-order valence-electron chi connectivity index (χ1n) is 5.50. The van der Waals surface area contributed by atoms with Gasteiger partial charge in [0.15, 0.2) is 5.82 Å². The maximum atomic E-state index is 4.46. The van der Waals surface area contributed by atoms with Crippen LogP contribution in [0.5, 0.6) is 0 Å². The van der Waals surface area contributed by atoms with Gasteiger partial charge in [-0.1, -0.05) is 0 Å². The van der Waals surface area contributed by atoms with Gasteiger partial charge in [0.2, 0.25) is 0 Å². The van der Waals surface area contributed by atoms with Gasteiger partial charge in [0.1, 0.15) is 5.52 Å². The van der Waals surface area contributed by atoms with Crippen molar-refractivity contribution in [3.05, 3.63) is 24.2 Å². The zero-order valence-corrected chi connectivity index (χ0v) is 9.51. The third-order valence-corrected chi connectivity index (χ3v) is 3.13. The van der Waals surface area contributed by atoms with Crippen molar-refractivity contribution in [2.75, 3.05) is 25.0 Å². The van der Waals surface area contributed by atoms with Crippen molar-refractivity contribution >= 4 is 11.3 Å². The van der Waals surface area contributed by atoms with Gasteiger partial charge in [0.05, 0.1) is 11.7 Å². The Morgan fingerprint density at radius 3 is 3.00 bits per heavy atom. The first-order valence-corrected chi connectivity index (χ1v) is 5.50. The topological polar surface area (TPSA) is 45.5 Å². The van der Waals surface area contributed by atoms with Crippen LogP contribution in [-0.2, 0) is 0 Å². The van der Waals surface area contributed by atoms with Crippen LogP contribution in [-0.4, -0.2) is 40.8 Å². The fraction of sp³-hybridized carbons (Fsp3) is 0.455. The molecule has 1 saturated heterocycles. The summed E-state index contributed by atoms with van der Waals surface area (Å²) in [7, 11) is 2.09. The van der Waals surface area contributed by atoms with E-state index in [2.05, 4.69) is 33.4 Å². The summed E-state index contributed by atoms with van der Waals surface area (Å²) in [6, 6.07) is 2.62. The second kappa shape index (κ2) is 3.45. The van der Waals surface area contributed by atoms with Gasteiger partial charge in [-0.2, -0.15) is 5.10 Å². The predicted octanol–water partition coefficient (Wildman–Crippen LogP) is 0.446. The van der Waals surface area contributed by atoms with Crippen LogP contribution in [0.25, 0.3) is 5.52 Å². The molecule has 0 radical (unpaired) electrons. The van der Waals surface area contributed by atoms with E-state index >= 15 is 0 Å². The van der Waals surface area contributed by atoms with Gasteiger partial charge in [0.25, 0.3) is 0 Å². The minimum absolute atomic E-state index is 0.550. The number of nitrogens with zero attached hydrogens (tertiary/aromatic N) is 4. The largest absolute Gasteiger partial charge is 0.352 e. The number of hydrogen-bond donors (Lipinski definition) is 1. The second-order valence-electron chi connectivity index (χ2n) is 4.29. The fourth-order valence-corrected chi connectivity index (χ4v) is 2.02. The fourth-order valence-electron chi connectivity index (χ4n) is 2.02. The summed E-state index contributed by atoms with van der Waals surface area (Å²) < 4.78 is 1.89. The first-order chi connectivity index (χ1) is 7.75. The van der Waals surface area contributed by atoms with Crippen molar-refractivity contribution in [2.24, 2.45) is 0 Å². The van der Waals surface area contributed by atoms with Crippen LogP contribution in [0, 0.1) is 6.92 Å². The Balaban J connectivity index is 2.07. The Kier molecular flexibility index (Phi) is 2.07. The van der Waals surface area contributed by atoms with E-state index in [1.54, 1.807) is 6.20 Å². The van der Waals surface area contributed by atoms with Crippen molar-refractivity contribution in [1.29, 1.82) is 0 Å². The van der Waals surface area contributed by atoms with Crippen LogP contribution in [0.3, 0.4) is 0 Å². The number of rotatable bonds is 2. The molecule has 5 heteroatoms. The van der Waals surface area contributed by atoms with E-state index in [-0.39, 0.29) is 0 Å². The Morgan fingerprint density at radius 1 is 1.50 bits per heavy atom. The average Bonchev–Trinajstić information content (AvgIpc) is 2.54. The molecule has 0 unspecified atom stereocenters. The van der Waals surface area contributed by atoms with Crippen LogP contribution in [0.4, 0.5) is 5.82 Å². The molecule has 1 fully saturated rings. The highest BCUT2D eigenvalue weighted by Crippen LogP contribution is 2.21. The van der Waals surface area contributed by atoms with E-state index in [0.717, 1.165) is 30.1 Å². The summed E-state index contributed by atoms with van der Waals surface area (Å²) in [5.41, 5.74) is 2.10. The molecule has 5 nitrogen and oxygen atoms in total. The lowest BCUT2D eigenvalue weighted by Crippen LogP contribution is -2.56. The summed E-state index contributed by atoms with van der Waals surface area (Å²) in [4.78, 5) is 6.69. The van der Waals surface area contributed by atoms with Gasteiger partial charge in [-0.05, 0) is 13.0 Å². The molecule has 1 N–H and O–H groups in total. The van der Waals surface area contributed by atoms with Gasteiger partial charge >= 0.3 is 0 Å². The molecule has 2 aromatic rings. The normalized spacial score (nSPS) is 16.4. The molecule has 0 aliphatic carbocycles. The first kappa shape index (κ1) is 9.59. The number of nitrogens with one attached hydrogen (secondary N) is 1. The van der Waals surface area contributed by atoms with Crippen LogP contribution in [0.1, 0.15) is 5.69 Å². The molecule has 0 saturated carbocycles. The molecule has 0 aromatic carbocycles. The molecule has 1 aliphatic heterocycles. The minimum Gasteiger partial charge on any atom is -0.352 e. The molecule has 0 atom stereocenters. The van der Waals surface area contributed by atoms with Crippen molar-refractivity contribution in [3.8, 4) is 0 Å². The van der Waals surface area contributed by atoms with Gasteiger partial charge in [-0.15, -0.1) is 0 Å². The van der Waals surface area contributed by atoms with Crippen molar-refractivity contribution in [2.45, 2.75) is 13.0 Å². The summed E-state index contributed by atoms with van der Waals surface area (Å²) in [6.45, 7) is 4.07. The standard InChI is InChI=1S/C11H15N5/c1-8-5-10-11(13-3-4-16(10)14-8)15(2)9-6-12-7-9/h3-5,9,12H,6-7H2,1-2H3. The van der Waals surface area contributed by atoms with E-state index in [4.69, 9.17) is 0 Å². The zero-order chi connectivity index (χ0) is 11.1. The highest BCUT2D eigenvalue weighted by molar-refractivity contribution is 5.69. The van der Waals surface area contributed by atoms with Crippen LogP contribution in [0.15, 0.2) is 18.5 Å². The van der Waals surface area contributed by atoms with E-state index in [0.29, 0.717) is 6.04 Å². The molecule has 0 bridgehead atoms. The third kappa shape index (κ3) is 1.36. The van der Waals surface area contributed by atoms with Gasteiger partial charge in [-0.25, -0.2) is 9.50 Å². The predicted molar refractivity (Wildman–Crippen MR) is 62.8 cm³/mol. The summed E-state index contributed by atoms with van der Waals surface area (Å²) in [5.74, 6) is 1.01. The lowest BCUT2D eigenvalue weighted by molar-refractivity contribution is 0.427. The third-order valence-electron chi connectivity index (χ3n) is 3.13. The molecule has 0 amide bonds. The number of aryl methyl sites for hydroxylation is 1. The number of aromatic nitrogens is 3. The van der Waals surface area contributed by atoms with Crippen LogP contribution < -0.4 is 10.2 Å². The molecule has 3 heterocycles. The Bertz CT molecular complexity index is 514. The molecule has 84 valence electrons. The summed E-state index contributed by atoms with van der Waals surface area (Å²) >= 11 is 0. The van der Waals surface area contributed by atoms with E-state index in [9.17, 15) is 0 Å². The van der Waals surface area contributed by atoms with E-state index in [1.165, 1.54) is 0 Å². The monoisotopic (exact) mass is 217 g/mol. The number of likely N-dealkylation sites (N-methyl/N-ethyl adjacent to an activating group) is 1. The second-order valence-corrected chi connectivity index (χ2v) is 4.29. The summed E-state index contributed by atoms with van der Waals surface area (Å²) in [6.07, 6.45) is 3.69. The van der Waals surface area contributed by atoms with Gasteiger partial charge in [0, 0.05) is 32.5 Å². The molecule has 3 rings (SSSR count). The highest BCUT2D eigenvalue weighted by atomic mass is 15.3. The number of fused-ring (bicyclic) bond motifs is 1. The molecule has 1 aliphatic rings. The Morgan fingerprint density at radius 2 is 2.31 bits per heavy atom. The van der Waals surface area contributed by atoms with Crippen molar-refractivity contribution in [1.82, 2.24) is 19.9 Å². The highest BCUT2D eigenvalue weighted by Gasteiger charge is 2.24. The SMILES string of the molecule is Cc1cc2c(N(C)C3CNC3)nccn2n1. The molecule has 2 aromatic heterocycles. The average molecular weight is 217 g/mol. The van der Waals surface area contributed by atoms with Crippen molar-refractivity contribution < 1.29 is 0 Å². The zero-order valence-electron chi connectivity index (χ0n) is 9.51. The number of hydrogen-bond acceptors (Lipinski definition) is 4. The molecule has 0 spiro atoms. The van der Waals surface area contributed by atoms with Gasteiger partial charge in [-0.3, -0.25) is 0 Å². The maximum Gasteiger partial charge on any atom is 0.154 e.